The van der Waals surface area contributed by atoms with Crippen LogP contribution >= 0.6 is 11.6 Å². The van der Waals surface area contributed by atoms with Crippen LogP contribution in [0.2, 0.25) is 5.02 Å². The van der Waals surface area contributed by atoms with Gasteiger partial charge in [-0.25, -0.2) is 0 Å². The summed E-state index contributed by atoms with van der Waals surface area (Å²) in [7, 11) is 1.68. The second-order valence-electron chi connectivity index (χ2n) is 4.90. The van der Waals surface area contributed by atoms with Crippen molar-refractivity contribution in [2.75, 3.05) is 7.11 Å². The lowest BCUT2D eigenvalue weighted by Crippen LogP contribution is -2.13. The number of fused-ring (bicyclic) bond motifs is 1. The quantitative estimate of drug-likeness (QED) is 0.770. The minimum absolute atomic E-state index is 0.269. The predicted octanol–water partition coefficient (Wildman–Crippen LogP) is 4.55. The van der Waals surface area contributed by atoms with Crippen LogP contribution in [-0.4, -0.2) is 7.11 Å². The highest BCUT2D eigenvalue weighted by atomic mass is 35.5. The Morgan fingerprint density at radius 3 is 2.24 bits per heavy atom. The average Bonchev–Trinajstić information content (AvgIpc) is 2.53. The van der Waals surface area contributed by atoms with Gasteiger partial charge in [0, 0.05) is 10.4 Å². The molecule has 3 aromatic carbocycles. The van der Waals surface area contributed by atoms with Crippen molar-refractivity contribution in [2.24, 2.45) is 5.73 Å². The van der Waals surface area contributed by atoms with Gasteiger partial charge in [0.2, 0.25) is 0 Å². The fourth-order valence-electron chi connectivity index (χ4n) is 2.64. The molecular formula is C18H16ClNO. The minimum Gasteiger partial charge on any atom is -0.496 e. The van der Waals surface area contributed by atoms with E-state index in [9.17, 15) is 0 Å². The molecule has 3 rings (SSSR count). The molecule has 0 heterocycles. The van der Waals surface area contributed by atoms with E-state index in [1.165, 1.54) is 0 Å². The van der Waals surface area contributed by atoms with Gasteiger partial charge in [-0.2, -0.15) is 0 Å². The minimum atomic E-state index is -0.269. The summed E-state index contributed by atoms with van der Waals surface area (Å²) in [5.74, 6) is 0.848. The molecule has 0 fully saturated rings. The van der Waals surface area contributed by atoms with Gasteiger partial charge < -0.3 is 10.5 Å². The van der Waals surface area contributed by atoms with Crippen molar-refractivity contribution in [3.63, 3.8) is 0 Å². The second-order valence-corrected chi connectivity index (χ2v) is 5.31. The van der Waals surface area contributed by atoms with Gasteiger partial charge in [-0.1, -0.05) is 60.1 Å². The Balaban J connectivity index is 2.19. The summed E-state index contributed by atoms with van der Waals surface area (Å²) in [6.07, 6.45) is 0. The lowest BCUT2D eigenvalue weighted by Gasteiger charge is -2.17. The molecule has 0 aromatic heterocycles. The zero-order valence-corrected chi connectivity index (χ0v) is 12.5. The van der Waals surface area contributed by atoms with Crippen molar-refractivity contribution < 1.29 is 4.74 Å². The Morgan fingerprint density at radius 2 is 1.52 bits per heavy atom. The van der Waals surface area contributed by atoms with Crippen molar-refractivity contribution in [3.05, 3.63) is 76.8 Å². The lowest BCUT2D eigenvalue weighted by molar-refractivity contribution is 0.419. The Labute approximate surface area is 129 Å². The molecule has 0 aliphatic rings. The highest BCUT2D eigenvalue weighted by Crippen LogP contribution is 2.34. The smallest absolute Gasteiger partial charge is 0.126 e. The van der Waals surface area contributed by atoms with Crippen LogP contribution in [0.3, 0.4) is 0 Å². The van der Waals surface area contributed by atoms with Gasteiger partial charge in [-0.3, -0.25) is 0 Å². The van der Waals surface area contributed by atoms with E-state index in [-0.39, 0.29) is 6.04 Å². The molecule has 0 spiro atoms. The number of nitrogens with two attached hydrogens (primary N) is 1. The molecule has 1 atom stereocenters. The van der Waals surface area contributed by atoms with Crippen LogP contribution in [0.15, 0.2) is 60.7 Å². The zero-order valence-electron chi connectivity index (χ0n) is 11.7. The normalized spacial score (nSPS) is 12.3. The van der Waals surface area contributed by atoms with E-state index in [1.807, 2.05) is 54.6 Å². The predicted molar refractivity (Wildman–Crippen MR) is 88.0 cm³/mol. The van der Waals surface area contributed by atoms with Gasteiger partial charge in [0.15, 0.2) is 0 Å². The van der Waals surface area contributed by atoms with Crippen LogP contribution in [0.1, 0.15) is 17.2 Å². The number of benzene rings is 3. The summed E-state index contributed by atoms with van der Waals surface area (Å²) >= 11 is 6.27. The van der Waals surface area contributed by atoms with E-state index < -0.39 is 0 Å². The molecule has 0 bridgehead atoms. The number of methoxy groups -OCH3 is 1. The first-order valence-corrected chi connectivity index (χ1v) is 7.16. The summed E-state index contributed by atoms with van der Waals surface area (Å²) in [5, 5.41) is 2.83. The van der Waals surface area contributed by atoms with Crippen LogP contribution in [0.5, 0.6) is 5.75 Å². The standard InChI is InChI=1S/C18H16ClNO/c1-21-17-11-10-14(12-6-2-3-7-13(12)17)18(20)15-8-4-5-9-16(15)19/h2-11,18H,20H2,1H3. The maximum atomic E-state index is 6.45. The number of hydrogen-bond donors (Lipinski definition) is 1. The van der Waals surface area contributed by atoms with E-state index in [2.05, 4.69) is 6.07 Å². The molecule has 0 saturated heterocycles. The van der Waals surface area contributed by atoms with Crippen LogP contribution < -0.4 is 10.5 Å². The van der Waals surface area contributed by atoms with Crippen LogP contribution in [-0.2, 0) is 0 Å². The van der Waals surface area contributed by atoms with E-state index in [4.69, 9.17) is 22.1 Å². The topological polar surface area (TPSA) is 35.2 Å². The molecule has 1 unspecified atom stereocenters. The van der Waals surface area contributed by atoms with Crippen molar-refractivity contribution in [3.8, 4) is 5.75 Å². The first-order valence-electron chi connectivity index (χ1n) is 6.78. The van der Waals surface area contributed by atoms with E-state index >= 15 is 0 Å². The molecule has 0 saturated carbocycles. The van der Waals surface area contributed by atoms with E-state index in [0.717, 1.165) is 27.6 Å². The number of hydrogen-bond acceptors (Lipinski definition) is 2. The highest BCUT2D eigenvalue weighted by Gasteiger charge is 2.16. The molecule has 0 aliphatic carbocycles. The number of halogens is 1. The van der Waals surface area contributed by atoms with Gasteiger partial charge in [-0.15, -0.1) is 0 Å². The fourth-order valence-corrected chi connectivity index (χ4v) is 2.89. The van der Waals surface area contributed by atoms with Crippen molar-refractivity contribution >= 4 is 22.4 Å². The van der Waals surface area contributed by atoms with Crippen molar-refractivity contribution in [2.45, 2.75) is 6.04 Å². The van der Waals surface area contributed by atoms with Gasteiger partial charge in [0.1, 0.15) is 5.75 Å². The number of rotatable bonds is 3. The highest BCUT2D eigenvalue weighted by molar-refractivity contribution is 6.31. The average molecular weight is 298 g/mol. The monoisotopic (exact) mass is 297 g/mol. The summed E-state index contributed by atoms with van der Waals surface area (Å²) < 4.78 is 5.42. The Bertz CT molecular complexity index is 785. The van der Waals surface area contributed by atoms with Gasteiger partial charge in [0.25, 0.3) is 0 Å². The molecule has 0 aliphatic heterocycles. The molecule has 21 heavy (non-hydrogen) atoms. The molecule has 3 heteroatoms. The summed E-state index contributed by atoms with van der Waals surface area (Å²) in [5.41, 5.74) is 8.42. The van der Waals surface area contributed by atoms with Crippen molar-refractivity contribution in [1.82, 2.24) is 0 Å². The van der Waals surface area contributed by atoms with Crippen LogP contribution in [0.25, 0.3) is 10.8 Å². The SMILES string of the molecule is COc1ccc(C(N)c2ccccc2Cl)c2ccccc12. The third-order valence-corrected chi connectivity index (χ3v) is 4.06. The van der Waals surface area contributed by atoms with Crippen LogP contribution in [0, 0.1) is 0 Å². The molecular weight excluding hydrogens is 282 g/mol. The summed E-state index contributed by atoms with van der Waals surface area (Å²) in [6, 6.07) is 19.5. The van der Waals surface area contributed by atoms with Crippen molar-refractivity contribution in [1.29, 1.82) is 0 Å². The first-order chi connectivity index (χ1) is 10.2. The molecule has 0 radical (unpaired) electrons. The van der Waals surface area contributed by atoms with Gasteiger partial charge >= 0.3 is 0 Å². The maximum absolute atomic E-state index is 6.45. The maximum Gasteiger partial charge on any atom is 0.126 e. The third-order valence-electron chi connectivity index (χ3n) is 3.71. The third kappa shape index (κ3) is 2.48. The molecule has 2 nitrogen and oxygen atoms in total. The van der Waals surface area contributed by atoms with Crippen LogP contribution in [0.4, 0.5) is 0 Å². The first kappa shape index (κ1) is 13.9. The Morgan fingerprint density at radius 1 is 0.857 bits per heavy atom. The van der Waals surface area contributed by atoms with Gasteiger partial charge in [0.05, 0.1) is 13.2 Å². The molecule has 2 N–H and O–H groups in total. The second kappa shape index (κ2) is 5.76. The van der Waals surface area contributed by atoms with E-state index in [1.54, 1.807) is 7.11 Å². The summed E-state index contributed by atoms with van der Waals surface area (Å²) in [4.78, 5) is 0. The largest absolute Gasteiger partial charge is 0.496 e. The van der Waals surface area contributed by atoms with E-state index in [0.29, 0.717) is 5.02 Å². The lowest BCUT2D eigenvalue weighted by atomic mass is 9.94. The Kier molecular flexibility index (Phi) is 3.82. The van der Waals surface area contributed by atoms with Gasteiger partial charge in [-0.05, 0) is 28.6 Å². The Hall–Kier alpha value is -2.03. The zero-order chi connectivity index (χ0) is 14.8. The number of ether oxygens (including phenoxy) is 1. The molecule has 0 amide bonds. The summed E-state index contributed by atoms with van der Waals surface area (Å²) in [6.45, 7) is 0. The molecule has 3 aromatic rings. The fraction of sp³-hybridized carbons (Fsp3) is 0.111. The molecule has 106 valence electrons.